The number of hydrogen-bond donors (Lipinski definition) is 0. The van der Waals surface area contributed by atoms with Gasteiger partial charge in [0.1, 0.15) is 0 Å². The van der Waals surface area contributed by atoms with E-state index in [0.29, 0.717) is 6.07 Å². The minimum absolute atomic E-state index is 0.124. The van der Waals surface area contributed by atoms with Crippen LogP contribution >= 0.6 is 0 Å². The van der Waals surface area contributed by atoms with E-state index in [4.69, 9.17) is 4.74 Å². The second kappa shape index (κ2) is 4.76. The zero-order chi connectivity index (χ0) is 12.3. The summed E-state index contributed by atoms with van der Waals surface area (Å²) in [7, 11) is 0. The Morgan fingerprint density at radius 2 is 1.88 bits per heavy atom. The summed E-state index contributed by atoms with van der Waals surface area (Å²) >= 11 is 0. The van der Waals surface area contributed by atoms with Crippen LogP contribution < -0.4 is 10.2 Å². The number of benzene rings is 1. The first kappa shape index (κ1) is 12.9. The summed E-state index contributed by atoms with van der Waals surface area (Å²) in [6.45, 7) is -1.27. The van der Waals surface area contributed by atoms with Crippen LogP contribution in [0.5, 0.6) is 5.75 Å². The lowest BCUT2D eigenvalue weighted by Gasteiger charge is -2.17. The SMILES string of the molecule is CC(C)COc1cc([B-](F)(F)F)ccc1F. The molecule has 0 fully saturated rings. The van der Waals surface area contributed by atoms with Crippen LogP contribution in [0.1, 0.15) is 13.8 Å². The number of hydrogen-bond acceptors (Lipinski definition) is 1. The molecule has 0 aliphatic carbocycles. The van der Waals surface area contributed by atoms with Gasteiger partial charge in [0.05, 0.1) is 6.61 Å². The Hall–Kier alpha value is -1.20. The molecule has 0 bridgehead atoms. The molecule has 0 atom stereocenters. The largest absolute Gasteiger partial charge is 0.509 e. The Labute approximate surface area is 91.5 Å². The van der Waals surface area contributed by atoms with Crippen LogP contribution in [0.15, 0.2) is 18.2 Å². The molecule has 0 radical (unpaired) electrons. The van der Waals surface area contributed by atoms with Crippen molar-refractivity contribution >= 4 is 12.4 Å². The third-order valence-corrected chi connectivity index (χ3v) is 1.91. The van der Waals surface area contributed by atoms with Crippen molar-refractivity contribution in [3.05, 3.63) is 24.0 Å². The molecule has 0 spiro atoms. The monoisotopic (exact) mass is 235 g/mol. The second-order valence-corrected chi connectivity index (χ2v) is 3.97. The highest BCUT2D eigenvalue weighted by molar-refractivity contribution is 6.73. The van der Waals surface area contributed by atoms with Crippen molar-refractivity contribution in [2.24, 2.45) is 5.92 Å². The fourth-order valence-corrected chi connectivity index (χ4v) is 1.09. The van der Waals surface area contributed by atoms with Gasteiger partial charge in [-0.3, -0.25) is 0 Å². The van der Waals surface area contributed by atoms with Gasteiger partial charge in [0.15, 0.2) is 11.6 Å². The summed E-state index contributed by atoms with van der Waals surface area (Å²) in [5.74, 6) is -0.991. The first-order valence-corrected chi connectivity index (χ1v) is 4.93. The van der Waals surface area contributed by atoms with E-state index in [9.17, 15) is 17.3 Å². The lowest BCUT2D eigenvalue weighted by atomic mass is 9.80. The smallest absolute Gasteiger partial charge is 0.490 e. The molecule has 0 amide bonds. The molecule has 1 aromatic carbocycles. The maximum atomic E-state index is 13.1. The first-order valence-electron chi connectivity index (χ1n) is 4.93. The van der Waals surface area contributed by atoms with E-state index in [0.717, 1.165) is 12.1 Å². The minimum atomic E-state index is -5.12. The lowest BCUT2D eigenvalue weighted by Crippen LogP contribution is -2.34. The third-order valence-electron chi connectivity index (χ3n) is 1.91. The first-order chi connectivity index (χ1) is 7.30. The standard InChI is InChI=1S/C10H12BF4O/c1-7(2)6-16-10-5-8(11(13,14)15)3-4-9(10)12/h3-5,7H,6H2,1-2H3/q-1. The van der Waals surface area contributed by atoms with Crippen molar-refractivity contribution in [3.8, 4) is 5.75 Å². The molecule has 1 aromatic rings. The zero-order valence-electron chi connectivity index (χ0n) is 9.01. The van der Waals surface area contributed by atoms with Gasteiger partial charge in [-0.2, -0.15) is 0 Å². The van der Waals surface area contributed by atoms with Gasteiger partial charge in [0, 0.05) is 0 Å². The third kappa shape index (κ3) is 3.43. The van der Waals surface area contributed by atoms with Gasteiger partial charge in [-0.1, -0.05) is 19.9 Å². The predicted octanol–water partition coefficient (Wildman–Crippen LogP) is 2.91. The highest BCUT2D eigenvalue weighted by Gasteiger charge is 2.26. The van der Waals surface area contributed by atoms with Gasteiger partial charge in [-0.25, -0.2) is 4.39 Å². The Balaban J connectivity index is 2.91. The molecule has 1 nitrogen and oxygen atoms in total. The van der Waals surface area contributed by atoms with E-state index in [2.05, 4.69) is 0 Å². The number of ether oxygens (including phenoxy) is 1. The van der Waals surface area contributed by atoms with E-state index in [1.165, 1.54) is 0 Å². The van der Waals surface area contributed by atoms with Crippen molar-refractivity contribution in [2.75, 3.05) is 6.61 Å². The van der Waals surface area contributed by atoms with E-state index in [1.807, 2.05) is 13.8 Å². The van der Waals surface area contributed by atoms with Gasteiger partial charge in [0.2, 0.25) is 0 Å². The van der Waals surface area contributed by atoms with Crippen LogP contribution in [0.4, 0.5) is 17.3 Å². The summed E-state index contributed by atoms with van der Waals surface area (Å²) in [6, 6.07) is 2.20. The van der Waals surface area contributed by atoms with Crippen LogP contribution in [-0.4, -0.2) is 13.6 Å². The van der Waals surface area contributed by atoms with Gasteiger partial charge in [-0.15, -0.1) is 5.46 Å². The van der Waals surface area contributed by atoms with Crippen LogP contribution in [0.3, 0.4) is 0 Å². The zero-order valence-corrected chi connectivity index (χ0v) is 9.01. The average molecular weight is 235 g/mol. The second-order valence-electron chi connectivity index (χ2n) is 3.97. The highest BCUT2D eigenvalue weighted by atomic mass is 19.4. The molecule has 0 aliphatic rings. The predicted molar refractivity (Wildman–Crippen MR) is 55.4 cm³/mol. The molecule has 0 heterocycles. The molecule has 16 heavy (non-hydrogen) atoms. The summed E-state index contributed by atoms with van der Waals surface area (Å²) in [5.41, 5.74) is -0.847. The molecule has 0 N–H and O–H groups in total. The molecule has 0 unspecified atom stereocenters. The lowest BCUT2D eigenvalue weighted by molar-refractivity contribution is 0.259. The molecular weight excluding hydrogens is 223 g/mol. The van der Waals surface area contributed by atoms with Gasteiger partial charge < -0.3 is 17.7 Å². The molecule has 0 saturated heterocycles. The van der Waals surface area contributed by atoms with Crippen molar-refractivity contribution in [2.45, 2.75) is 13.8 Å². The molecule has 90 valence electrons. The van der Waals surface area contributed by atoms with E-state index in [1.54, 1.807) is 0 Å². The van der Waals surface area contributed by atoms with Gasteiger partial charge in [-0.05, 0) is 18.1 Å². The Kier molecular flexibility index (Phi) is 3.83. The van der Waals surface area contributed by atoms with E-state index in [-0.39, 0.29) is 18.3 Å². The van der Waals surface area contributed by atoms with Crippen molar-refractivity contribution in [1.82, 2.24) is 0 Å². The highest BCUT2D eigenvalue weighted by Crippen LogP contribution is 2.19. The molecule has 1 rings (SSSR count). The minimum Gasteiger partial charge on any atom is -0.490 e. The number of halogens is 4. The van der Waals surface area contributed by atoms with Crippen molar-refractivity contribution < 1.29 is 22.1 Å². The van der Waals surface area contributed by atoms with Crippen LogP contribution in [0.2, 0.25) is 0 Å². The molecular formula is C10H12BF4O-. The van der Waals surface area contributed by atoms with Gasteiger partial charge >= 0.3 is 6.98 Å². The topological polar surface area (TPSA) is 9.23 Å². The van der Waals surface area contributed by atoms with Crippen LogP contribution in [-0.2, 0) is 0 Å². The molecule has 0 aromatic heterocycles. The van der Waals surface area contributed by atoms with Crippen LogP contribution in [0, 0.1) is 11.7 Å². The van der Waals surface area contributed by atoms with Gasteiger partial charge in [0.25, 0.3) is 0 Å². The summed E-state index contributed by atoms with van der Waals surface area (Å²) < 4.78 is 55.2. The van der Waals surface area contributed by atoms with E-state index < -0.39 is 18.3 Å². The quantitative estimate of drug-likeness (QED) is 0.575. The fraction of sp³-hybridized carbons (Fsp3) is 0.400. The Morgan fingerprint density at radius 1 is 1.25 bits per heavy atom. The molecule has 6 heteroatoms. The van der Waals surface area contributed by atoms with Crippen molar-refractivity contribution in [1.29, 1.82) is 0 Å². The Morgan fingerprint density at radius 3 is 2.38 bits per heavy atom. The van der Waals surface area contributed by atoms with E-state index >= 15 is 0 Å². The average Bonchev–Trinajstić information content (AvgIpc) is 2.14. The maximum absolute atomic E-state index is 13.1. The molecule has 0 aliphatic heterocycles. The van der Waals surface area contributed by atoms with Crippen molar-refractivity contribution in [3.63, 3.8) is 0 Å². The summed E-state index contributed by atoms with van der Waals surface area (Å²) in [5, 5.41) is 0. The fourth-order valence-electron chi connectivity index (χ4n) is 1.09. The molecule has 0 saturated carbocycles. The normalized spacial score (nSPS) is 11.9. The number of rotatable bonds is 4. The summed E-state index contributed by atoms with van der Waals surface area (Å²) in [4.78, 5) is 0. The Bertz CT molecular complexity index is 362. The van der Waals surface area contributed by atoms with Crippen LogP contribution in [0.25, 0.3) is 0 Å². The summed E-state index contributed by atoms with van der Waals surface area (Å²) in [6.07, 6.45) is 0. The maximum Gasteiger partial charge on any atom is 0.509 e.